The first kappa shape index (κ1) is 22.5. The molecule has 1 amide bonds. The molecule has 0 heterocycles. The van der Waals surface area contributed by atoms with Crippen molar-refractivity contribution < 1.29 is 32.7 Å². The Labute approximate surface area is 168 Å². The third kappa shape index (κ3) is 5.84. The molecule has 2 aromatic rings. The molecule has 0 aromatic heterocycles. The zero-order valence-electron chi connectivity index (χ0n) is 15.3. The molecule has 0 aliphatic heterocycles. The standard InChI is InChI=1S/C18H17F3N2O5S/c1-17(25,10-29-13-6-4-12(28-2)5-7-13)16(24)22-11-3-8-15(23(26)27)14(9-11)18(19,20)21/h3-9,25H,10H2,1-2H3,(H,22,24)/t17-/m0/s1. The summed E-state index contributed by atoms with van der Waals surface area (Å²) in [6.45, 7) is 1.22. The number of anilines is 1. The van der Waals surface area contributed by atoms with E-state index in [1.165, 1.54) is 14.0 Å². The Morgan fingerprint density at radius 1 is 1.24 bits per heavy atom. The predicted octanol–water partition coefficient (Wildman–Crippen LogP) is 4.10. The van der Waals surface area contributed by atoms with Crippen LogP contribution in [0.2, 0.25) is 0 Å². The average molecular weight is 430 g/mol. The van der Waals surface area contributed by atoms with Crippen molar-refractivity contribution in [3.63, 3.8) is 0 Å². The number of nitro benzene ring substituents is 1. The van der Waals surface area contributed by atoms with Crippen molar-refractivity contribution in [2.75, 3.05) is 18.2 Å². The maximum atomic E-state index is 13.0. The Morgan fingerprint density at radius 3 is 2.38 bits per heavy atom. The molecule has 0 saturated heterocycles. The largest absolute Gasteiger partial charge is 0.497 e. The number of alkyl halides is 3. The van der Waals surface area contributed by atoms with Gasteiger partial charge in [-0.25, -0.2) is 0 Å². The minimum absolute atomic E-state index is 0.0791. The van der Waals surface area contributed by atoms with Gasteiger partial charge in [-0.15, -0.1) is 11.8 Å². The molecule has 0 unspecified atom stereocenters. The zero-order valence-corrected chi connectivity index (χ0v) is 16.1. The van der Waals surface area contributed by atoms with E-state index in [4.69, 9.17) is 4.74 Å². The number of rotatable bonds is 7. The fraction of sp³-hybridized carbons (Fsp3) is 0.278. The van der Waals surface area contributed by atoms with Gasteiger partial charge in [0.1, 0.15) is 16.9 Å². The second kappa shape index (κ2) is 8.70. The van der Waals surface area contributed by atoms with Crippen LogP contribution in [0.3, 0.4) is 0 Å². The minimum atomic E-state index is -4.98. The van der Waals surface area contributed by atoms with Gasteiger partial charge >= 0.3 is 6.18 Å². The van der Waals surface area contributed by atoms with Gasteiger partial charge in [-0.1, -0.05) is 0 Å². The molecule has 2 aromatic carbocycles. The van der Waals surface area contributed by atoms with Crippen LogP contribution in [-0.4, -0.2) is 34.4 Å². The maximum absolute atomic E-state index is 13.0. The van der Waals surface area contributed by atoms with Crippen molar-refractivity contribution in [1.29, 1.82) is 0 Å². The Hall–Kier alpha value is -2.79. The van der Waals surface area contributed by atoms with E-state index in [0.717, 1.165) is 22.7 Å². The monoisotopic (exact) mass is 430 g/mol. The molecule has 156 valence electrons. The molecule has 2 rings (SSSR count). The summed E-state index contributed by atoms with van der Waals surface area (Å²) in [6.07, 6.45) is -4.98. The van der Waals surface area contributed by atoms with Crippen LogP contribution in [0.25, 0.3) is 0 Å². The SMILES string of the molecule is COc1ccc(SC[C@](C)(O)C(=O)Nc2ccc([N+](=O)[O-])c(C(F)(F)F)c2)cc1. The molecule has 29 heavy (non-hydrogen) atoms. The van der Waals surface area contributed by atoms with Gasteiger partial charge in [0.25, 0.3) is 11.6 Å². The van der Waals surface area contributed by atoms with E-state index in [9.17, 15) is 33.2 Å². The third-order valence-corrected chi connectivity index (χ3v) is 5.14. The third-order valence-electron chi connectivity index (χ3n) is 3.83. The molecule has 2 N–H and O–H groups in total. The summed E-state index contributed by atoms with van der Waals surface area (Å²) >= 11 is 1.16. The van der Waals surface area contributed by atoms with Crippen molar-refractivity contribution >= 4 is 29.0 Å². The number of nitro groups is 1. The first-order chi connectivity index (χ1) is 13.4. The number of ether oxygens (including phenoxy) is 1. The van der Waals surface area contributed by atoms with E-state index >= 15 is 0 Å². The molecule has 0 spiro atoms. The Kier molecular flexibility index (Phi) is 6.75. The summed E-state index contributed by atoms with van der Waals surface area (Å²) in [6, 6.07) is 8.94. The van der Waals surface area contributed by atoms with Gasteiger partial charge in [0.05, 0.1) is 12.0 Å². The fourth-order valence-corrected chi connectivity index (χ4v) is 3.13. The van der Waals surface area contributed by atoms with Gasteiger partial charge in [-0.3, -0.25) is 14.9 Å². The maximum Gasteiger partial charge on any atom is 0.423 e. The zero-order chi connectivity index (χ0) is 21.8. The average Bonchev–Trinajstić information content (AvgIpc) is 2.66. The first-order valence-corrected chi connectivity index (χ1v) is 9.09. The van der Waals surface area contributed by atoms with Crippen LogP contribution in [0.5, 0.6) is 5.75 Å². The number of carbonyl (C=O) groups is 1. The molecular formula is C18H17F3N2O5S. The number of nitrogens with one attached hydrogen (secondary N) is 1. The van der Waals surface area contributed by atoms with Crippen LogP contribution in [0.1, 0.15) is 12.5 Å². The van der Waals surface area contributed by atoms with Crippen molar-refractivity contribution in [3.05, 3.63) is 58.1 Å². The van der Waals surface area contributed by atoms with Gasteiger partial charge in [0, 0.05) is 22.4 Å². The molecule has 1 atom stereocenters. The highest BCUT2D eigenvalue weighted by Crippen LogP contribution is 2.37. The lowest BCUT2D eigenvalue weighted by Crippen LogP contribution is -2.42. The van der Waals surface area contributed by atoms with Crippen LogP contribution in [0.4, 0.5) is 24.5 Å². The second-order valence-corrected chi connectivity index (χ2v) is 7.23. The molecule has 11 heteroatoms. The molecule has 0 aliphatic carbocycles. The van der Waals surface area contributed by atoms with E-state index in [0.29, 0.717) is 17.9 Å². The van der Waals surface area contributed by atoms with E-state index < -0.39 is 33.9 Å². The Morgan fingerprint density at radius 2 is 1.86 bits per heavy atom. The summed E-state index contributed by atoms with van der Waals surface area (Å²) in [7, 11) is 1.51. The van der Waals surface area contributed by atoms with Crippen molar-refractivity contribution in [2.24, 2.45) is 0 Å². The molecule has 0 aliphatic rings. The molecule has 0 saturated carbocycles. The topological polar surface area (TPSA) is 102 Å². The van der Waals surface area contributed by atoms with Crippen LogP contribution in [0.15, 0.2) is 47.4 Å². The van der Waals surface area contributed by atoms with Crippen molar-refractivity contribution in [1.82, 2.24) is 0 Å². The normalized spacial score (nSPS) is 13.4. The number of nitrogens with zero attached hydrogens (tertiary/aromatic N) is 1. The molecule has 0 bridgehead atoms. The van der Waals surface area contributed by atoms with Crippen LogP contribution in [-0.2, 0) is 11.0 Å². The number of hydrogen-bond donors (Lipinski definition) is 2. The van der Waals surface area contributed by atoms with E-state index in [2.05, 4.69) is 5.32 Å². The van der Waals surface area contributed by atoms with Gasteiger partial charge in [-0.2, -0.15) is 13.2 Å². The Balaban J connectivity index is 2.11. The lowest BCUT2D eigenvalue weighted by atomic mass is 10.1. The quantitative estimate of drug-likeness (QED) is 0.390. The predicted molar refractivity (Wildman–Crippen MR) is 101 cm³/mol. The smallest absolute Gasteiger partial charge is 0.423 e. The highest BCUT2D eigenvalue weighted by Gasteiger charge is 2.39. The second-order valence-electron chi connectivity index (χ2n) is 6.18. The van der Waals surface area contributed by atoms with Gasteiger partial charge in [0.2, 0.25) is 0 Å². The molecule has 0 fully saturated rings. The number of methoxy groups -OCH3 is 1. The summed E-state index contributed by atoms with van der Waals surface area (Å²) < 4.78 is 44.2. The highest BCUT2D eigenvalue weighted by molar-refractivity contribution is 7.99. The fourth-order valence-electron chi connectivity index (χ4n) is 2.23. The highest BCUT2D eigenvalue weighted by atomic mass is 32.2. The number of halogens is 3. The van der Waals surface area contributed by atoms with E-state index in [1.807, 2.05) is 0 Å². The number of carbonyl (C=O) groups excluding carboxylic acids is 1. The molecular weight excluding hydrogens is 413 g/mol. The summed E-state index contributed by atoms with van der Waals surface area (Å²) in [5.41, 5.74) is -4.85. The minimum Gasteiger partial charge on any atom is -0.497 e. The van der Waals surface area contributed by atoms with E-state index in [-0.39, 0.29) is 11.4 Å². The number of thioether (sulfide) groups is 1. The van der Waals surface area contributed by atoms with Crippen LogP contribution in [0, 0.1) is 10.1 Å². The number of hydrogen-bond acceptors (Lipinski definition) is 6. The van der Waals surface area contributed by atoms with Gasteiger partial charge < -0.3 is 15.2 Å². The lowest BCUT2D eigenvalue weighted by molar-refractivity contribution is -0.388. The van der Waals surface area contributed by atoms with Crippen molar-refractivity contribution in [3.8, 4) is 5.75 Å². The summed E-state index contributed by atoms with van der Waals surface area (Å²) in [5, 5.41) is 23.3. The first-order valence-electron chi connectivity index (χ1n) is 8.10. The number of benzene rings is 2. The molecule has 7 nitrogen and oxygen atoms in total. The summed E-state index contributed by atoms with van der Waals surface area (Å²) in [4.78, 5) is 22.7. The Bertz CT molecular complexity index is 901. The van der Waals surface area contributed by atoms with Gasteiger partial charge in [-0.05, 0) is 43.3 Å². The van der Waals surface area contributed by atoms with Crippen LogP contribution >= 0.6 is 11.8 Å². The van der Waals surface area contributed by atoms with Crippen molar-refractivity contribution in [2.45, 2.75) is 23.6 Å². The van der Waals surface area contributed by atoms with Gasteiger partial charge in [0.15, 0.2) is 0 Å². The lowest BCUT2D eigenvalue weighted by Gasteiger charge is -2.22. The van der Waals surface area contributed by atoms with Crippen LogP contribution < -0.4 is 10.1 Å². The molecule has 0 radical (unpaired) electrons. The number of amides is 1. The number of aliphatic hydroxyl groups is 1. The van der Waals surface area contributed by atoms with E-state index in [1.54, 1.807) is 24.3 Å². The summed E-state index contributed by atoms with van der Waals surface area (Å²) in [5.74, 6) is -0.387.